The molecule has 0 spiro atoms. The maximum absolute atomic E-state index is 9.64. The molecule has 0 aliphatic carbocycles. The van der Waals surface area contributed by atoms with Gasteiger partial charge in [-0.1, -0.05) is 19.6 Å². The lowest BCUT2D eigenvalue weighted by Gasteiger charge is -2.23. The highest BCUT2D eigenvalue weighted by Crippen LogP contribution is 2.23. The van der Waals surface area contributed by atoms with Crippen LogP contribution in [0.2, 0.25) is 0 Å². The van der Waals surface area contributed by atoms with Crippen LogP contribution in [0.3, 0.4) is 0 Å². The van der Waals surface area contributed by atoms with Crippen molar-refractivity contribution in [2.24, 2.45) is 0 Å². The zero-order valence-electron chi connectivity index (χ0n) is 16.9. The fraction of sp³-hybridized carbons (Fsp3) is 0.381. The van der Waals surface area contributed by atoms with Crippen molar-refractivity contribution in [1.82, 2.24) is 5.32 Å². The SMILES string of the molecule is C=C(O)/C=C(\C(=C/CO)CC)C(Cc1cc(I)cc(I)c1)NC.COCC(=O)O. The molecular formula is C21H29I2NO5. The number of methoxy groups -OCH3 is 1. The van der Waals surface area contributed by atoms with Gasteiger partial charge in [0.25, 0.3) is 0 Å². The molecule has 4 N–H and O–H groups in total. The number of carbonyl (C=O) groups is 1. The highest BCUT2D eigenvalue weighted by molar-refractivity contribution is 14.1. The van der Waals surface area contributed by atoms with E-state index in [9.17, 15) is 15.0 Å². The molecule has 1 rings (SSSR count). The summed E-state index contributed by atoms with van der Waals surface area (Å²) in [5, 5.41) is 30.0. The molecule has 1 unspecified atom stereocenters. The summed E-state index contributed by atoms with van der Waals surface area (Å²) in [5.41, 5.74) is 3.21. The minimum Gasteiger partial charge on any atom is -0.509 e. The monoisotopic (exact) mass is 629 g/mol. The number of carboxylic acid groups (broad SMARTS) is 1. The fourth-order valence-corrected chi connectivity index (χ4v) is 4.70. The minimum absolute atomic E-state index is 0.0179. The summed E-state index contributed by atoms with van der Waals surface area (Å²) < 4.78 is 6.62. The molecule has 0 amide bonds. The summed E-state index contributed by atoms with van der Waals surface area (Å²) in [4.78, 5) is 9.47. The van der Waals surface area contributed by atoms with Crippen LogP contribution in [0.1, 0.15) is 18.9 Å². The molecule has 6 nitrogen and oxygen atoms in total. The van der Waals surface area contributed by atoms with Gasteiger partial charge in [0.05, 0.1) is 6.61 Å². The molecule has 0 aliphatic rings. The van der Waals surface area contributed by atoms with Crippen molar-refractivity contribution in [3.63, 3.8) is 0 Å². The predicted octanol–water partition coefficient (Wildman–Crippen LogP) is 4.07. The molecular weight excluding hydrogens is 600 g/mol. The number of hydrogen-bond donors (Lipinski definition) is 4. The fourth-order valence-electron chi connectivity index (χ4n) is 2.63. The van der Waals surface area contributed by atoms with Gasteiger partial charge >= 0.3 is 5.97 Å². The van der Waals surface area contributed by atoms with Gasteiger partial charge < -0.3 is 25.4 Å². The van der Waals surface area contributed by atoms with Gasteiger partial charge in [0.15, 0.2) is 0 Å². The summed E-state index contributed by atoms with van der Waals surface area (Å²) >= 11 is 4.65. The third-order valence-electron chi connectivity index (χ3n) is 3.77. The topological polar surface area (TPSA) is 99.0 Å². The van der Waals surface area contributed by atoms with Gasteiger partial charge in [-0.2, -0.15) is 0 Å². The number of aliphatic carboxylic acids is 1. The van der Waals surface area contributed by atoms with E-state index in [4.69, 9.17) is 5.11 Å². The molecule has 162 valence electrons. The van der Waals surface area contributed by atoms with Crippen LogP contribution in [-0.4, -0.2) is 54.7 Å². The Morgan fingerprint density at radius 3 is 2.21 bits per heavy atom. The largest absolute Gasteiger partial charge is 0.509 e. The lowest BCUT2D eigenvalue weighted by Crippen LogP contribution is -2.31. The quantitative estimate of drug-likeness (QED) is 0.177. The maximum atomic E-state index is 9.64. The lowest BCUT2D eigenvalue weighted by atomic mass is 9.91. The summed E-state index contributed by atoms with van der Waals surface area (Å²) in [6, 6.07) is 6.50. The van der Waals surface area contributed by atoms with Crippen LogP contribution in [0.25, 0.3) is 0 Å². The average molecular weight is 629 g/mol. The molecule has 0 radical (unpaired) electrons. The summed E-state index contributed by atoms with van der Waals surface area (Å²) in [7, 11) is 3.25. The minimum atomic E-state index is -0.933. The molecule has 0 aliphatic heterocycles. The molecule has 0 saturated heterocycles. The zero-order valence-corrected chi connectivity index (χ0v) is 21.2. The van der Waals surface area contributed by atoms with Crippen molar-refractivity contribution in [3.8, 4) is 0 Å². The summed E-state index contributed by atoms with van der Waals surface area (Å²) in [6.45, 7) is 5.40. The molecule has 0 bridgehead atoms. The van der Waals surface area contributed by atoms with E-state index in [1.807, 2.05) is 14.0 Å². The normalized spacial score (nSPS) is 12.8. The smallest absolute Gasteiger partial charge is 0.329 e. The Hall–Kier alpha value is -0.950. The Bertz CT molecular complexity index is 712. The van der Waals surface area contributed by atoms with Gasteiger partial charge in [0.1, 0.15) is 12.4 Å². The van der Waals surface area contributed by atoms with Crippen LogP contribution in [0, 0.1) is 7.14 Å². The second-order valence-corrected chi connectivity index (χ2v) is 8.50. The number of benzene rings is 1. The molecule has 8 heteroatoms. The Balaban J connectivity index is 0.00000113. The Morgan fingerprint density at radius 1 is 1.28 bits per heavy atom. The Labute approximate surface area is 200 Å². The number of hydrogen-bond acceptors (Lipinski definition) is 5. The van der Waals surface area contributed by atoms with Crippen molar-refractivity contribution in [1.29, 1.82) is 0 Å². The van der Waals surface area contributed by atoms with Gasteiger partial charge in [-0.3, -0.25) is 0 Å². The first-order chi connectivity index (χ1) is 13.7. The third kappa shape index (κ3) is 12.4. The highest BCUT2D eigenvalue weighted by Gasteiger charge is 2.17. The van der Waals surface area contributed by atoms with Gasteiger partial charge in [-0.15, -0.1) is 0 Å². The molecule has 1 atom stereocenters. The second-order valence-electron chi connectivity index (χ2n) is 6.01. The number of likely N-dealkylation sites (N-methyl/N-ethyl adjacent to an activating group) is 1. The van der Waals surface area contributed by atoms with Crippen LogP contribution in [-0.2, 0) is 16.0 Å². The van der Waals surface area contributed by atoms with E-state index >= 15 is 0 Å². The molecule has 0 heterocycles. The lowest BCUT2D eigenvalue weighted by molar-refractivity contribution is -0.141. The number of rotatable bonds is 10. The van der Waals surface area contributed by atoms with E-state index in [0.717, 1.165) is 24.0 Å². The van der Waals surface area contributed by atoms with E-state index in [1.54, 1.807) is 12.2 Å². The molecule has 1 aromatic carbocycles. The number of halogens is 2. The standard InChI is InChI=1S/C18H23I2NO2.C3H6O3/c1-4-14(5-6-22)17(7-12(2)23)18(21-3)10-13-8-15(19)11-16(20)9-13;1-6-2-3(4)5/h5,7-9,11,18,21-23H,2,4,6,10H2,1,3H3;2H2,1H3,(H,4,5)/b14-5-,17-7+;. The first kappa shape index (κ1) is 28.1. The molecule has 0 saturated carbocycles. The maximum Gasteiger partial charge on any atom is 0.329 e. The van der Waals surface area contributed by atoms with Crippen molar-refractivity contribution in [2.75, 3.05) is 27.4 Å². The average Bonchev–Trinajstić information content (AvgIpc) is 2.62. The van der Waals surface area contributed by atoms with E-state index in [1.165, 1.54) is 19.8 Å². The number of nitrogens with one attached hydrogen (secondary N) is 1. The molecule has 0 aromatic heterocycles. The van der Waals surface area contributed by atoms with E-state index in [2.05, 4.69) is 80.0 Å². The summed E-state index contributed by atoms with van der Waals surface area (Å²) in [5.74, 6) is -0.910. The Kier molecular flexibility index (Phi) is 15.3. The van der Waals surface area contributed by atoms with E-state index < -0.39 is 5.97 Å². The van der Waals surface area contributed by atoms with Crippen molar-refractivity contribution in [2.45, 2.75) is 25.8 Å². The molecule has 1 aromatic rings. The van der Waals surface area contributed by atoms with Crippen LogP contribution < -0.4 is 5.32 Å². The van der Waals surface area contributed by atoms with Gasteiger partial charge in [-0.05, 0) is 106 Å². The van der Waals surface area contributed by atoms with Crippen LogP contribution in [0.5, 0.6) is 0 Å². The predicted molar refractivity (Wildman–Crippen MR) is 133 cm³/mol. The van der Waals surface area contributed by atoms with Crippen molar-refractivity contribution < 1.29 is 24.9 Å². The van der Waals surface area contributed by atoms with Crippen molar-refractivity contribution in [3.05, 3.63) is 66.5 Å². The second kappa shape index (κ2) is 15.8. The first-order valence-corrected chi connectivity index (χ1v) is 11.1. The van der Waals surface area contributed by atoms with Crippen LogP contribution >= 0.6 is 45.2 Å². The number of aliphatic hydroxyl groups excluding tert-OH is 2. The highest BCUT2D eigenvalue weighted by atomic mass is 127. The van der Waals surface area contributed by atoms with Gasteiger partial charge in [-0.25, -0.2) is 4.79 Å². The summed E-state index contributed by atoms with van der Waals surface area (Å²) in [6.07, 6.45) is 5.05. The number of allylic oxidation sites excluding steroid dienone is 1. The zero-order chi connectivity index (χ0) is 22.4. The van der Waals surface area contributed by atoms with E-state index in [0.29, 0.717) is 0 Å². The molecule has 0 fully saturated rings. The number of carboxylic acids is 1. The molecule has 29 heavy (non-hydrogen) atoms. The Morgan fingerprint density at radius 2 is 1.86 bits per heavy atom. The third-order valence-corrected chi connectivity index (χ3v) is 5.01. The number of aliphatic hydroxyl groups is 2. The van der Waals surface area contributed by atoms with Crippen molar-refractivity contribution >= 4 is 51.2 Å². The van der Waals surface area contributed by atoms with Crippen LogP contribution in [0.15, 0.2) is 53.8 Å². The number of ether oxygens (including phenoxy) is 1. The van der Waals surface area contributed by atoms with Crippen LogP contribution in [0.4, 0.5) is 0 Å². The van der Waals surface area contributed by atoms with E-state index in [-0.39, 0.29) is 25.0 Å². The first-order valence-electron chi connectivity index (χ1n) is 8.91. The van der Waals surface area contributed by atoms with Gasteiger partial charge in [0, 0.05) is 20.3 Å². The van der Waals surface area contributed by atoms with Gasteiger partial charge in [0.2, 0.25) is 0 Å².